The van der Waals surface area contributed by atoms with Crippen LogP contribution in [0, 0.1) is 0 Å². The second-order valence-corrected chi connectivity index (χ2v) is 7.67. The van der Waals surface area contributed by atoms with Gasteiger partial charge in [0.1, 0.15) is 5.75 Å². The molecule has 0 unspecified atom stereocenters. The minimum Gasteiger partial charge on any atom is -0.497 e. The summed E-state index contributed by atoms with van der Waals surface area (Å²) in [6.07, 6.45) is 0. The van der Waals surface area contributed by atoms with E-state index in [1.165, 1.54) is 4.88 Å². The molecule has 140 valence electrons. The zero-order valence-corrected chi connectivity index (χ0v) is 16.3. The molecule has 0 radical (unpaired) electrons. The summed E-state index contributed by atoms with van der Waals surface area (Å²) in [4.78, 5) is 18.6. The van der Waals surface area contributed by atoms with Gasteiger partial charge in [-0.2, -0.15) is 0 Å². The van der Waals surface area contributed by atoms with Gasteiger partial charge in [0.15, 0.2) is 0 Å². The molecule has 2 heterocycles. The topological polar surface area (TPSA) is 44.8 Å². The fourth-order valence-corrected chi connectivity index (χ4v) is 3.92. The van der Waals surface area contributed by atoms with Crippen molar-refractivity contribution in [1.82, 2.24) is 15.1 Å². The molecular weight excluding hydrogens is 346 g/mol. The van der Waals surface area contributed by atoms with Crippen molar-refractivity contribution in [3.8, 4) is 5.75 Å². The molecular formula is C20H27N3O2S. The van der Waals surface area contributed by atoms with Crippen LogP contribution in [-0.4, -0.2) is 55.0 Å². The van der Waals surface area contributed by atoms with Crippen molar-refractivity contribution in [1.29, 1.82) is 0 Å². The molecule has 1 saturated heterocycles. The molecule has 1 aromatic carbocycles. The van der Waals surface area contributed by atoms with Gasteiger partial charge in [0.05, 0.1) is 13.2 Å². The fourth-order valence-electron chi connectivity index (χ4n) is 3.18. The summed E-state index contributed by atoms with van der Waals surface area (Å²) in [6, 6.07) is 12.0. The maximum Gasteiger partial charge on any atom is 0.237 e. The Balaban J connectivity index is 1.42. The molecule has 0 saturated carbocycles. The molecule has 5 nitrogen and oxygen atoms in total. The summed E-state index contributed by atoms with van der Waals surface area (Å²) in [5.74, 6) is 0.918. The first-order valence-electron chi connectivity index (χ1n) is 9.05. The molecule has 3 rings (SSSR count). The van der Waals surface area contributed by atoms with Gasteiger partial charge in [-0.1, -0.05) is 18.2 Å². The predicted molar refractivity (Wildman–Crippen MR) is 105 cm³/mol. The number of nitrogens with one attached hydrogen (secondary N) is 1. The van der Waals surface area contributed by atoms with Crippen molar-refractivity contribution in [2.45, 2.75) is 26.1 Å². The molecule has 2 aromatic rings. The van der Waals surface area contributed by atoms with Crippen LogP contribution in [0.3, 0.4) is 0 Å². The fraction of sp³-hybridized carbons (Fsp3) is 0.450. The number of hydrogen-bond donors (Lipinski definition) is 1. The van der Waals surface area contributed by atoms with Gasteiger partial charge < -0.3 is 10.1 Å². The van der Waals surface area contributed by atoms with Gasteiger partial charge in [0.2, 0.25) is 5.91 Å². The van der Waals surface area contributed by atoms with E-state index in [1.54, 1.807) is 7.11 Å². The quantitative estimate of drug-likeness (QED) is 0.810. The van der Waals surface area contributed by atoms with Crippen molar-refractivity contribution in [3.63, 3.8) is 0 Å². The van der Waals surface area contributed by atoms with E-state index in [0.717, 1.165) is 44.0 Å². The van der Waals surface area contributed by atoms with Crippen LogP contribution in [0.2, 0.25) is 0 Å². The highest BCUT2D eigenvalue weighted by molar-refractivity contribution is 7.09. The molecule has 1 amide bonds. The zero-order chi connectivity index (χ0) is 18.4. The Morgan fingerprint density at radius 1 is 1.19 bits per heavy atom. The van der Waals surface area contributed by atoms with Crippen molar-refractivity contribution in [3.05, 3.63) is 52.2 Å². The number of benzene rings is 1. The monoisotopic (exact) mass is 373 g/mol. The van der Waals surface area contributed by atoms with Crippen LogP contribution in [0.1, 0.15) is 17.4 Å². The molecule has 1 aliphatic rings. The molecule has 6 heteroatoms. The van der Waals surface area contributed by atoms with Gasteiger partial charge in [0, 0.05) is 44.1 Å². The second kappa shape index (κ2) is 9.16. The smallest absolute Gasteiger partial charge is 0.237 e. The first-order valence-corrected chi connectivity index (χ1v) is 9.93. The number of amides is 1. The Morgan fingerprint density at radius 3 is 2.54 bits per heavy atom. The number of carbonyl (C=O) groups is 1. The van der Waals surface area contributed by atoms with E-state index in [4.69, 9.17) is 4.74 Å². The van der Waals surface area contributed by atoms with E-state index < -0.39 is 0 Å². The summed E-state index contributed by atoms with van der Waals surface area (Å²) in [5.41, 5.74) is 1.08. The minimum absolute atomic E-state index is 0.0903. The highest BCUT2D eigenvalue weighted by Gasteiger charge is 2.25. The highest BCUT2D eigenvalue weighted by Crippen LogP contribution is 2.15. The van der Waals surface area contributed by atoms with Crippen molar-refractivity contribution < 1.29 is 9.53 Å². The van der Waals surface area contributed by atoms with Crippen LogP contribution in [0.25, 0.3) is 0 Å². The summed E-state index contributed by atoms with van der Waals surface area (Å²) in [7, 11) is 1.65. The normalized spacial score (nSPS) is 17.0. The molecule has 0 spiro atoms. The number of piperazine rings is 1. The maximum atomic E-state index is 12.5. The largest absolute Gasteiger partial charge is 0.497 e. The Kier molecular flexibility index (Phi) is 6.66. The van der Waals surface area contributed by atoms with Crippen LogP contribution >= 0.6 is 11.3 Å². The lowest BCUT2D eigenvalue weighted by Crippen LogP contribution is -2.53. The Morgan fingerprint density at radius 2 is 1.92 bits per heavy atom. The number of hydrogen-bond acceptors (Lipinski definition) is 5. The lowest BCUT2D eigenvalue weighted by Gasteiger charge is -2.37. The van der Waals surface area contributed by atoms with Crippen molar-refractivity contribution >= 4 is 17.2 Å². The Labute approximate surface area is 159 Å². The lowest BCUT2D eigenvalue weighted by atomic mass is 10.2. The molecule has 0 bridgehead atoms. The van der Waals surface area contributed by atoms with E-state index in [1.807, 2.05) is 42.5 Å². The van der Waals surface area contributed by atoms with Gasteiger partial charge in [-0.15, -0.1) is 11.3 Å². The van der Waals surface area contributed by atoms with E-state index in [9.17, 15) is 4.79 Å². The maximum absolute atomic E-state index is 12.5. The third-order valence-electron chi connectivity index (χ3n) is 4.92. The number of nitrogens with zero attached hydrogens (tertiary/aromatic N) is 2. The average molecular weight is 374 g/mol. The standard InChI is InChI=1S/C20H27N3O2S/c1-16(20(24)21-14-17-5-7-18(25-2)8-6-17)23-11-9-22(10-12-23)15-19-4-3-13-26-19/h3-8,13,16H,9-12,14-15H2,1-2H3,(H,21,24)/t16-/m0/s1. The zero-order valence-electron chi connectivity index (χ0n) is 15.5. The van der Waals surface area contributed by atoms with Gasteiger partial charge >= 0.3 is 0 Å². The summed E-state index contributed by atoms with van der Waals surface area (Å²) >= 11 is 1.81. The van der Waals surface area contributed by atoms with E-state index >= 15 is 0 Å². The first-order chi connectivity index (χ1) is 12.7. The number of carbonyl (C=O) groups excluding carboxylic acids is 1. The van der Waals surface area contributed by atoms with Crippen molar-refractivity contribution in [2.24, 2.45) is 0 Å². The minimum atomic E-state index is -0.0999. The van der Waals surface area contributed by atoms with Gasteiger partial charge in [-0.3, -0.25) is 14.6 Å². The van der Waals surface area contributed by atoms with Crippen LogP contribution < -0.4 is 10.1 Å². The highest BCUT2D eigenvalue weighted by atomic mass is 32.1. The van der Waals surface area contributed by atoms with Gasteiger partial charge in [-0.05, 0) is 36.1 Å². The number of methoxy groups -OCH3 is 1. The SMILES string of the molecule is COc1ccc(CNC(=O)[C@H](C)N2CCN(Cc3cccs3)CC2)cc1. The summed E-state index contributed by atoms with van der Waals surface area (Å²) in [6.45, 7) is 7.44. The predicted octanol–water partition coefficient (Wildman–Crippen LogP) is 2.58. The van der Waals surface area contributed by atoms with Gasteiger partial charge in [0.25, 0.3) is 0 Å². The number of rotatable bonds is 7. The first kappa shape index (κ1) is 18.9. The van der Waals surface area contributed by atoms with Gasteiger partial charge in [-0.25, -0.2) is 0 Å². The third kappa shape index (κ3) is 5.06. The van der Waals surface area contributed by atoms with Crippen LogP contribution in [0.15, 0.2) is 41.8 Å². The molecule has 1 fully saturated rings. The third-order valence-corrected chi connectivity index (χ3v) is 5.78. The van der Waals surface area contributed by atoms with E-state index in [-0.39, 0.29) is 11.9 Å². The molecule has 1 N–H and O–H groups in total. The molecule has 1 atom stereocenters. The lowest BCUT2D eigenvalue weighted by molar-refractivity contribution is -0.126. The van der Waals surface area contributed by atoms with E-state index in [2.05, 4.69) is 32.6 Å². The Hall–Kier alpha value is -1.89. The van der Waals surface area contributed by atoms with Crippen LogP contribution in [-0.2, 0) is 17.9 Å². The molecule has 26 heavy (non-hydrogen) atoms. The Bertz CT molecular complexity index is 680. The van der Waals surface area contributed by atoms with Crippen LogP contribution in [0.4, 0.5) is 0 Å². The summed E-state index contributed by atoms with van der Waals surface area (Å²) in [5, 5.41) is 5.17. The van der Waals surface area contributed by atoms with Crippen LogP contribution in [0.5, 0.6) is 5.75 Å². The second-order valence-electron chi connectivity index (χ2n) is 6.63. The molecule has 1 aliphatic heterocycles. The average Bonchev–Trinajstić information content (AvgIpc) is 3.19. The van der Waals surface area contributed by atoms with E-state index in [0.29, 0.717) is 6.54 Å². The summed E-state index contributed by atoms with van der Waals surface area (Å²) < 4.78 is 5.16. The van der Waals surface area contributed by atoms with Crippen molar-refractivity contribution in [2.75, 3.05) is 33.3 Å². The molecule has 0 aliphatic carbocycles. The molecule has 1 aromatic heterocycles. The number of ether oxygens (including phenoxy) is 1. The number of thiophene rings is 1.